The van der Waals surface area contributed by atoms with Gasteiger partial charge in [0.15, 0.2) is 0 Å². The van der Waals surface area contributed by atoms with Gasteiger partial charge in [-0.05, 0) is 12.8 Å². The lowest BCUT2D eigenvalue weighted by Gasteiger charge is -1.97. The number of rotatable bonds is 2. The largest absolute Gasteiger partial charge is 0.0990 e. The van der Waals surface area contributed by atoms with Crippen molar-refractivity contribution < 1.29 is 0 Å². The maximum absolute atomic E-state index is 3.46. The van der Waals surface area contributed by atoms with Gasteiger partial charge in [0.25, 0.3) is 0 Å². The summed E-state index contributed by atoms with van der Waals surface area (Å²) >= 11 is 3.46. The minimum atomic E-state index is 0.390. The van der Waals surface area contributed by atoms with Crippen LogP contribution in [0.5, 0.6) is 0 Å². The Labute approximate surface area is 72.5 Å². The summed E-state index contributed by atoms with van der Waals surface area (Å²) in [7, 11) is 0. The maximum Gasteiger partial charge on any atom is 0.0752 e. The number of hydrogen-bond donors (Lipinski definition) is 0. The predicted molar refractivity (Wildman–Crippen MR) is 50.2 cm³/mol. The van der Waals surface area contributed by atoms with E-state index in [1.165, 1.54) is 0 Å². The highest BCUT2D eigenvalue weighted by Gasteiger charge is 1.93. The molecule has 0 saturated heterocycles. The molecule has 0 aromatic carbocycles. The highest BCUT2D eigenvalue weighted by atomic mass is 79.9. The van der Waals surface area contributed by atoms with Gasteiger partial charge >= 0.3 is 0 Å². The van der Waals surface area contributed by atoms with Crippen molar-refractivity contribution in [2.75, 3.05) is 0 Å². The fourth-order valence-corrected chi connectivity index (χ4v) is 0.569. The van der Waals surface area contributed by atoms with E-state index in [2.05, 4.69) is 48.5 Å². The molecule has 0 fully saturated rings. The van der Waals surface area contributed by atoms with Gasteiger partial charge < -0.3 is 0 Å². The highest BCUT2D eigenvalue weighted by molar-refractivity contribution is 9.09. The van der Waals surface area contributed by atoms with Crippen LogP contribution in [-0.4, -0.2) is 4.83 Å². The molecule has 2 unspecified atom stereocenters. The molecule has 0 rings (SSSR count). The van der Waals surface area contributed by atoms with Gasteiger partial charge in [-0.1, -0.05) is 48.5 Å². The van der Waals surface area contributed by atoms with Gasteiger partial charge in [-0.3, -0.25) is 0 Å². The van der Waals surface area contributed by atoms with Gasteiger partial charge in [0.1, 0.15) is 0 Å². The zero-order valence-corrected chi connectivity index (χ0v) is 8.53. The molecule has 0 N–H and O–H groups in total. The summed E-state index contributed by atoms with van der Waals surface area (Å²) in [5.74, 6) is 6.88. The van der Waals surface area contributed by atoms with E-state index in [1.807, 2.05) is 0 Å². The van der Waals surface area contributed by atoms with Gasteiger partial charge in [-0.15, -0.1) is 0 Å². The van der Waals surface area contributed by atoms with Gasteiger partial charge in [0, 0.05) is 5.92 Å². The normalized spacial score (nSPS) is 15.2. The van der Waals surface area contributed by atoms with E-state index in [0.717, 1.165) is 12.8 Å². The third kappa shape index (κ3) is 4.88. The molecule has 0 aliphatic carbocycles. The lowest BCUT2D eigenvalue weighted by Crippen LogP contribution is -1.91. The van der Waals surface area contributed by atoms with Crippen molar-refractivity contribution >= 4 is 15.9 Å². The molecule has 0 bridgehead atoms. The molecule has 0 heterocycles. The summed E-state index contributed by atoms with van der Waals surface area (Å²) in [6.07, 6.45) is 2.24. The Kier molecular flexibility index (Phi) is 5.82. The van der Waals surface area contributed by atoms with Crippen molar-refractivity contribution in [3.63, 3.8) is 0 Å². The molecular weight excluding hydrogens is 188 g/mol. The fourth-order valence-electron chi connectivity index (χ4n) is 0.437. The molecular formula is C9H15Br. The third-order valence-electron chi connectivity index (χ3n) is 1.46. The van der Waals surface area contributed by atoms with Crippen LogP contribution in [0.3, 0.4) is 0 Å². The SMILES string of the molecule is CCC(C)C#CC(Br)CC. The molecule has 10 heavy (non-hydrogen) atoms. The number of halogens is 1. The second kappa shape index (κ2) is 5.80. The summed E-state index contributed by atoms with van der Waals surface area (Å²) < 4.78 is 0. The third-order valence-corrected chi connectivity index (χ3v) is 2.33. The highest BCUT2D eigenvalue weighted by Crippen LogP contribution is 2.03. The van der Waals surface area contributed by atoms with E-state index in [-0.39, 0.29) is 0 Å². The summed E-state index contributed by atoms with van der Waals surface area (Å²) in [6.45, 7) is 6.45. The first-order chi connectivity index (χ1) is 4.70. The minimum Gasteiger partial charge on any atom is -0.0990 e. The average Bonchev–Trinajstić information content (AvgIpc) is 1.99. The average molecular weight is 203 g/mol. The van der Waals surface area contributed by atoms with Crippen LogP contribution in [0.25, 0.3) is 0 Å². The van der Waals surface area contributed by atoms with E-state index in [1.54, 1.807) is 0 Å². The summed E-state index contributed by atoms with van der Waals surface area (Å²) in [5, 5.41) is 0. The van der Waals surface area contributed by atoms with Gasteiger partial charge in [0.05, 0.1) is 4.83 Å². The summed E-state index contributed by atoms with van der Waals surface area (Å²) in [4.78, 5) is 0.390. The maximum atomic E-state index is 3.46. The molecule has 2 atom stereocenters. The molecule has 0 spiro atoms. The Morgan fingerprint density at radius 1 is 1.20 bits per heavy atom. The minimum absolute atomic E-state index is 0.390. The van der Waals surface area contributed by atoms with Crippen LogP contribution in [-0.2, 0) is 0 Å². The second-order valence-corrected chi connectivity index (χ2v) is 3.58. The van der Waals surface area contributed by atoms with Crippen LogP contribution in [0.2, 0.25) is 0 Å². The number of alkyl halides is 1. The molecule has 0 aliphatic heterocycles. The quantitative estimate of drug-likeness (QED) is 0.477. The van der Waals surface area contributed by atoms with Gasteiger partial charge in [-0.25, -0.2) is 0 Å². The molecule has 0 aromatic rings. The molecule has 0 aromatic heterocycles. The molecule has 58 valence electrons. The zero-order valence-electron chi connectivity index (χ0n) is 6.95. The van der Waals surface area contributed by atoms with Crippen LogP contribution in [0.1, 0.15) is 33.6 Å². The van der Waals surface area contributed by atoms with Crippen LogP contribution in [0.15, 0.2) is 0 Å². The lowest BCUT2D eigenvalue weighted by atomic mass is 10.1. The first kappa shape index (κ1) is 10.0. The van der Waals surface area contributed by atoms with Gasteiger partial charge in [0.2, 0.25) is 0 Å². The van der Waals surface area contributed by atoms with Crippen molar-refractivity contribution in [2.24, 2.45) is 5.92 Å². The number of hydrogen-bond acceptors (Lipinski definition) is 0. The van der Waals surface area contributed by atoms with Crippen LogP contribution in [0.4, 0.5) is 0 Å². The molecule has 0 amide bonds. The van der Waals surface area contributed by atoms with Crippen molar-refractivity contribution in [3.05, 3.63) is 0 Å². The molecule has 0 aliphatic rings. The van der Waals surface area contributed by atoms with Crippen molar-refractivity contribution in [2.45, 2.75) is 38.4 Å². The smallest absolute Gasteiger partial charge is 0.0752 e. The van der Waals surface area contributed by atoms with Crippen LogP contribution in [0, 0.1) is 17.8 Å². The van der Waals surface area contributed by atoms with E-state index >= 15 is 0 Å². The first-order valence-electron chi connectivity index (χ1n) is 3.85. The topological polar surface area (TPSA) is 0 Å². The second-order valence-electron chi connectivity index (χ2n) is 2.47. The van der Waals surface area contributed by atoms with Crippen molar-refractivity contribution in [3.8, 4) is 11.8 Å². The first-order valence-corrected chi connectivity index (χ1v) is 4.77. The van der Waals surface area contributed by atoms with E-state index < -0.39 is 0 Å². The van der Waals surface area contributed by atoms with E-state index in [4.69, 9.17) is 0 Å². The zero-order chi connectivity index (χ0) is 7.98. The van der Waals surface area contributed by atoms with Crippen molar-refractivity contribution in [1.82, 2.24) is 0 Å². The fraction of sp³-hybridized carbons (Fsp3) is 0.778. The summed E-state index contributed by atoms with van der Waals surface area (Å²) in [6, 6.07) is 0. The monoisotopic (exact) mass is 202 g/mol. The Bertz CT molecular complexity index is 115. The Hall–Kier alpha value is 0.0400. The Morgan fingerprint density at radius 2 is 1.80 bits per heavy atom. The predicted octanol–water partition coefficient (Wildman–Crippen LogP) is 3.21. The van der Waals surface area contributed by atoms with Crippen LogP contribution < -0.4 is 0 Å². The Morgan fingerprint density at radius 3 is 2.20 bits per heavy atom. The van der Waals surface area contributed by atoms with Gasteiger partial charge in [-0.2, -0.15) is 0 Å². The summed E-state index contributed by atoms with van der Waals surface area (Å²) in [5.41, 5.74) is 0. The van der Waals surface area contributed by atoms with E-state index in [0.29, 0.717) is 10.7 Å². The van der Waals surface area contributed by atoms with E-state index in [9.17, 15) is 0 Å². The Balaban J connectivity index is 3.66. The molecule has 0 radical (unpaired) electrons. The molecule has 1 heteroatoms. The molecule has 0 nitrogen and oxygen atoms in total. The van der Waals surface area contributed by atoms with Crippen LogP contribution >= 0.6 is 15.9 Å². The lowest BCUT2D eigenvalue weighted by molar-refractivity contribution is 0.722. The van der Waals surface area contributed by atoms with Crippen molar-refractivity contribution in [1.29, 1.82) is 0 Å². The standard InChI is InChI=1S/C9H15Br/c1-4-8(3)6-7-9(10)5-2/h8-9H,4-5H2,1-3H3. The molecule has 0 saturated carbocycles.